The van der Waals surface area contributed by atoms with Gasteiger partial charge in [-0.1, -0.05) is 31.9 Å². The number of ether oxygens (including phenoxy) is 1. The number of hydrogen-bond donors (Lipinski definition) is 2. The molecule has 0 spiro atoms. The summed E-state index contributed by atoms with van der Waals surface area (Å²) in [4.78, 5) is 12.2. The maximum atomic E-state index is 12.2. The van der Waals surface area contributed by atoms with Crippen LogP contribution in [0, 0.1) is 0 Å². The van der Waals surface area contributed by atoms with Crippen LogP contribution in [0.5, 0.6) is 5.75 Å². The number of para-hydroxylation sites is 1. The van der Waals surface area contributed by atoms with Crippen molar-refractivity contribution in [3.8, 4) is 5.75 Å². The van der Waals surface area contributed by atoms with Gasteiger partial charge in [0.2, 0.25) is 0 Å². The second-order valence-electron chi connectivity index (χ2n) is 4.48. The third kappa shape index (κ3) is 5.80. The zero-order valence-corrected chi connectivity index (χ0v) is 13.0. The van der Waals surface area contributed by atoms with Crippen LogP contribution in [0.15, 0.2) is 24.3 Å². The zero-order chi connectivity index (χ0) is 14.1. The number of rotatable bonds is 8. The predicted molar refractivity (Wildman–Crippen MR) is 84.7 cm³/mol. The van der Waals surface area contributed by atoms with Crippen LogP contribution in [-0.2, 0) is 0 Å². The maximum Gasteiger partial charge on any atom is 0.255 e. The van der Waals surface area contributed by atoms with Crippen molar-refractivity contribution in [2.75, 3.05) is 13.2 Å². The SMILES string of the molecule is CCCCC(CN)NC(=O)c1ccccc1OCC.Cl. The first-order valence-electron chi connectivity index (χ1n) is 6.95. The number of carbonyl (C=O) groups excluding carboxylic acids is 1. The fourth-order valence-electron chi connectivity index (χ4n) is 1.90. The van der Waals surface area contributed by atoms with Crippen LogP contribution in [0.4, 0.5) is 0 Å². The van der Waals surface area contributed by atoms with Gasteiger partial charge in [-0.15, -0.1) is 12.4 Å². The molecule has 5 heteroatoms. The van der Waals surface area contributed by atoms with Gasteiger partial charge in [0, 0.05) is 12.6 Å². The number of unbranched alkanes of at least 4 members (excludes halogenated alkanes) is 1. The van der Waals surface area contributed by atoms with Gasteiger partial charge in [0.1, 0.15) is 5.75 Å². The normalized spacial score (nSPS) is 11.3. The van der Waals surface area contributed by atoms with E-state index in [1.165, 1.54) is 0 Å². The van der Waals surface area contributed by atoms with Gasteiger partial charge >= 0.3 is 0 Å². The van der Waals surface area contributed by atoms with Gasteiger partial charge in [-0.3, -0.25) is 4.79 Å². The number of nitrogens with one attached hydrogen (secondary N) is 1. The van der Waals surface area contributed by atoms with Crippen molar-refractivity contribution >= 4 is 18.3 Å². The smallest absolute Gasteiger partial charge is 0.255 e. The minimum absolute atomic E-state index is 0. The Morgan fingerprint density at radius 2 is 2.05 bits per heavy atom. The fraction of sp³-hybridized carbons (Fsp3) is 0.533. The van der Waals surface area contributed by atoms with Crippen molar-refractivity contribution in [3.05, 3.63) is 29.8 Å². The van der Waals surface area contributed by atoms with Crippen molar-refractivity contribution < 1.29 is 9.53 Å². The molecule has 1 rings (SSSR count). The molecule has 1 aromatic rings. The van der Waals surface area contributed by atoms with E-state index in [0.717, 1.165) is 19.3 Å². The van der Waals surface area contributed by atoms with Crippen molar-refractivity contribution in [1.29, 1.82) is 0 Å². The fourth-order valence-corrected chi connectivity index (χ4v) is 1.90. The summed E-state index contributed by atoms with van der Waals surface area (Å²) < 4.78 is 5.46. The summed E-state index contributed by atoms with van der Waals surface area (Å²) >= 11 is 0. The van der Waals surface area contributed by atoms with Crippen molar-refractivity contribution in [1.82, 2.24) is 5.32 Å². The monoisotopic (exact) mass is 300 g/mol. The third-order valence-electron chi connectivity index (χ3n) is 2.96. The van der Waals surface area contributed by atoms with Crippen LogP contribution >= 0.6 is 12.4 Å². The van der Waals surface area contributed by atoms with Crippen LogP contribution in [-0.4, -0.2) is 25.1 Å². The van der Waals surface area contributed by atoms with Crippen molar-refractivity contribution in [3.63, 3.8) is 0 Å². The molecule has 20 heavy (non-hydrogen) atoms. The Morgan fingerprint density at radius 1 is 1.35 bits per heavy atom. The van der Waals surface area contributed by atoms with E-state index < -0.39 is 0 Å². The van der Waals surface area contributed by atoms with E-state index in [9.17, 15) is 4.79 Å². The molecule has 0 radical (unpaired) electrons. The standard InChI is InChI=1S/C15H24N2O2.ClH/c1-3-5-8-12(11-16)17-15(18)13-9-6-7-10-14(13)19-4-2;/h6-7,9-10,12H,3-5,8,11,16H2,1-2H3,(H,17,18);1H. The molecule has 0 aromatic heterocycles. The molecular weight excluding hydrogens is 276 g/mol. The maximum absolute atomic E-state index is 12.2. The highest BCUT2D eigenvalue weighted by molar-refractivity contribution is 5.97. The van der Waals surface area contributed by atoms with Gasteiger partial charge in [-0.25, -0.2) is 0 Å². The minimum atomic E-state index is -0.115. The molecule has 1 aromatic carbocycles. The lowest BCUT2D eigenvalue weighted by atomic mass is 10.1. The average Bonchev–Trinajstić information content (AvgIpc) is 2.44. The molecule has 0 heterocycles. The quantitative estimate of drug-likeness (QED) is 0.776. The Morgan fingerprint density at radius 3 is 2.65 bits per heavy atom. The van der Waals surface area contributed by atoms with Crippen molar-refractivity contribution in [2.45, 2.75) is 39.2 Å². The average molecular weight is 301 g/mol. The summed E-state index contributed by atoms with van der Waals surface area (Å²) in [7, 11) is 0. The van der Waals surface area contributed by atoms with E-state index >= 15 is 0 Å². The molecule has 0 fully saturated rings. The molecule has 4 nitrogen and oxygen atoms in total. The minimum Gasteiger partial charge on any atom is -0.493 e. The van der Waals surface area contributed by atoms with E-state index in [4.69, 9.17) is 10.5 Å². The van der Waals surface area contributed by atoms with E-state index in [0.29, 0.717) is 24.5 Å². The van der Waals surface area contributed by atoms with Crippen LogP contribution in [0.1, 0.15) is 43.5 Å². The van der Waals surface area contributed by atoms with Crippen LogP contribution < -0.4 is 15.8 Å². The number of carbonyl (C=O) groups is 1. The van der Waals surface area contributed by atoms with E-state index in [-0.39, 0.29) is 24.4 Å². The lowest BCUT2D eigenvalue weighted by molar-refractivity contribution is 0.0932. The molecule has 1 unspecified atom stereocenters. The molecule has 3 N–H and O–H groups in total. The largest absolute Gasteiger partial charge is 0.493 e. The van der Waals surface area contributed by atoms with Gasteiger partial charge in [0.25, 0.3) is 5.91 Å². The highest BCUT2D eigenvalue weighted by Gasteiger charge is 2.15. The van der Waals surface area contributed by atoms with E-state index in [1.807, 2.05) is 25.1 Å². The van der Waals surface area contributed by atoms with Gasteiger partial charge in [-0.05, 0) is 25.5 Å². The first-order chi connectivity index (χ1) is 9.22. The second-order valence-corrected chi connectivity index (χ2v) is 4.48. The second kappa shape index (κ2) is 10.5. The Hall–Kier alpha value is -1.26. The molecule has 1 amide bonds. The van der Waals surface area contributed by atoms with Crippen molar-refractivity contribution in [2.24, 2.45) is 5.73 Å². The molecule has 1 atom stereocenters. The Labute approximate surface area is 127 Å². The van der Waals surface area contributed by atoms with Gasteiger partial charge in [0.05, 0.1) is 12.2 Å². The molecule has 0 saturated carbocycles. The van der Waals surface area contributed by atoms with Crippen LogP contribution in [0.2, 0.25) is 0 Å². The third-order valence-corrected chi connectivity index (χ3v) is 2.96. The molecule has 0 saturated heterocycles. The number of hydrogen-bond acceptors (Lipinski definition) is 3. The predicted octanol–water partition coefficient (Wildman–Crippen LogP) is 2.75. The highest BCUT2D eigenvalue weighted by Crippen LogP contribution is 2.18. The highest BCUT2D eigenvalue weighted by atomic mass is 35.5. The van der Waals surface area contributed by atoms with Gasteiger partial charge in [-0.2, -0.15) is 0 Å². The van der Waals surface area contributed by atoms with Crippen LogP contribution in [0.3, 0.4) is 0 Å². The van der Waals surface area contributed by atoms with Gasteiger partial charge < -0.3 is 15.8 Å². The summed E-state index contributed by atoms with van der Waals surface area (Å²) in [5, 5.41) is 2.97. The molecule has 0 aliphatic rings. The zero-order valence-electron chi connectivity index (χ0n) is 12.2. The van der Waals surface area contributed by atoms with Gasteiger partial charge in [0.15, 0.2) is 0 Å². The molecule has 0 bridgehead atoms. The first-order valence-corrected chi connectivity index (χ1v) is 6.95. The Kier molecular flexibility index (Phi) is 9.86. The topological polar surface area (TPSA) is 64.3 Å². The number of halogens is 1. The molecule has 114 valence electrons. The Balaban J connectivity index is 0.00000361. The lowest BCUT2D eigenvalue weighted by Crippen LogP contribution is -2.40. The molecule has 0 aliphatic heterocycles. The molecular formula is C15H25ClN2O2. The van der Waals surface area contributed by atoms with E-state index in [2.05, 4.69) is 12.2 Å². The number of nitrogens with two attached hydrogens (primary N) is 1. The summed E-state index contributed by atoms with van der Waals surface area (Å²) in [6.45, 7) is 5.03. The molecule has 0 aliphatic carbocycles. The Bertz CT molecular complexity index is 399. The lowest BCUT2D eigenvalue weighted by Gasteiger charge is -2.17. The summed E-state index contributed by atoms with van der Waals surface area (Å²) in [6.07, 6.45) is 3.08. The number of benzene rings is 1. The summed E-state index contributed by atoms with van der Waals surface area (Å²) in [5.41, 5.74) is 6.26. The summed E-state index contributed by atoms with van der Waals surface area (Å²) in [6, 6.07) is 7.30. The number of amides is 1. The van der Waals surface area contributed by atoms with Crippen LogP contribution in [0.25, 0.3) is 0 Å². The summed E-state index contributed by atoms with van der Waals surface area (Å²) in [5.74, 6) is 0.504. The van der Waals surface area contributed by atoms with E-state index in [1.54, 1.807) is 6.07 Å². The first kappa shape index (κ1) is 18.7.